The molecule has 3 saturated carbocycles. The van der Waals surface area contributed by atoms with Gasteiger partial charge in [0.1, 0.15) is 18.8 Å². The van der Waals surface area contributed by atoms with E-state index in [1.54, 1.807) is 23.1 Å². The van der Waals surface area contributed by atoms with Gasteiger partial charge >= 0.3 is 0 Å². The first-order valence-corrected chi connectivity index (χ1v) is 15.3. The predicted octanol–water partition coefficient (Wildman–Crippen LogP) is 2.25. The second kappa shape index (κ2) is 13.6. The summed E-state index contributed by atoms with van der Waals surface area (Å²) in [6.07, 6.45) is 2.89. The van der Waals surface area contributed by atoms with Gasteiger partial charge in [-0.2, -0.15) is 0 Å². The van der Waals surface area contributed by atoms with Crippen LogP contribution in [0.1, 0.15) is 45.1 Å². The lowest BCUT2D eigenvalue weighted by Gasteiger charge is -2.61. The van der Waals surface area contributed by atoms with E-state index in [0.717, 1.165) is 19.3 Å². The van der Waals surface area contributed by atoms with Crippen molar-refractivity contribution in [3.8, 4) is 11.5 Å². The number of carbonyl (C=O) groups is 2. The summed E-state index contributed by atoms with van der Waals surface area (Å²) in [7, 11) is 2.96. The Labute approximate surface area is 255 Å². The number of halogens is 1. The fourth-order valence-electron chi connectivity index (χ4n) is 6.96. The smallest absolute Gasteiger partial charge is 0.248 e. The maximum absolute atomic E-state index is 13.5. The number of nitrogens with one attached hydrogen (secondary N) is 1. The Morgan fingerprint density at radius 3 is 2.56 bits per heavy atom. The first kappa shape index (κ1) is 32.0. The van der Waals surface area contributed by atoms with Crippen molar-refractivity contribution in [2.75, 3.05) is 40.5 Å². The van der Waals surface area contributed by atoms with Crippen LogP contribution in [-0.2, 0) is 20.9 Å². The van der Waals surface area contributed by atoms with E-state index >= 15 is 0 Å². The zero-order valence-electron chi connectivity index (χ0n) is 24.3. The van der Waals surface area contributed by atoms with Crippen LogP contribution < -0.4 is 14.8 Å². The van der Waals surface area contributed by atoms with Gasteiger partial charge < -0.3 is 39.7 Å². The van der Waals surface area contributed by atoms with Crippen molar-refractivity contribution < 1.29 is 39.1 Å². The molecule has 6 atom stereocenters. The quantitative estimate of drug-likeness (QED) is 0.246. The molecular weight excluding hydrogens is 643 g/mol. The van der Waals surface area contributed by atoms with Crippen molar-refractivity contribution in [3.63, 3.8) is 0 Å². The summed E-state index contributed by atoms with van der Waals surface area (Å²) in [5.41, 5.74) is 1.23. The van der Waals surface area contributed by atoms with E-state index < -0.39 is 18.2 Å². The SMILES string of the molecule is COCC(=O)N(CC1CCC2CC1C2(C)C)C1CC(C(=O)NCCO)=CC(Oc2c(I)cc(CO)cc2OC)C1O. The van der Waals surface area contributed by atoms with Crippen LogP contribution in [-0.4, -0.2) is 90.8 Å². The van der Waals surface area contributed by atoms with E-state index in [-0.39, 0.29) is 55.9 Å². The fraction of sp³-hybridized carbons (Fsp3) is 0.667. The van der Waals surface area contributed by atoms with E-state index in [9.17, 15) is 24.9 Å². The molecule has 5 rings (SSSR count). The number of hydrogen-bond donors (Lipinski definition) is 4. The van der Waals surface area contributed by atoms with Crippen molar-refractivity contribution in [2.24, 2.45) is 23.2 Å². The Morgan fingerprint density at radius 2 is 1.95 bits per heavy atom. The number of methoxy groups -OCH3 is 2. The number of fused-ring (bicyclic) bond motifs is 2. The average Bonchev–Trinajstić information content (AvgIpc) is 2.96. The maximum atomic E-state index is 13.5. The summed E-state index contributed by atoms with van der Waals surface area (Å²) < 4.78 is 17.8. The summed E-state index contributed by atoms with van der Waals surface area (Å²) in [5.74, 6) is 1.60. The van der Waals surface area contributed by atoms with Crippen molar-refractivity contribution in [2.45, 2.75) is 64.4 Å². The third kappa shape index (κ3) is 6.69. The number of carbonyl (C=O) groups excluding carboxylic acids is 2. The molecule has 0 radical (unpaired) electrons. The average molecular weight is 687 g/mol. The molecule has 0 heterocycles. The van der Waals surface area contributed by atoms with Crippen LogP contribution in [0.25, 0.3) is 0 Å². The minimum Gasteiger partial charge on any atom is -0.493 e. The first-order chi connectivity index (χ1) is 19.5. The highest BCUT2D eigenvalue weighted by molar-refractivity contribution is 14.1. The van der Waals surface area contributed by atoms with Crippen molar-refractivity contribution >= 4 is 34.4 Å². The highest BCUT2D eigenvalue weighted by atomic mass is 127. The van der Waals surface area contributed by atoms with Crippen molar-refractivity contribution in [1.82, 2.24) is 10.2 Å². The van der Waals surface area contributed by atoms with E-state index in [1.165, 1.54) is 14.2 Å². The van der Waals surface area contributed by atoms with E-state index in [2.05, 4.69) is 41.8 Å². The number of benzene rings is 1. The number of nitrogens with zero attached hydrogens (tertiary/aromatic N) is 1. The molecule has 1 aromatic carbocycles. The molecule has 3 fully saturated rings. The van der Waals surface area contributed by atoms with Gasteiger partial charge in [0, 0.05) is 32.2 Å². The third-order valence-corrected chi connectivity index (χ3v) is 10.2. The number of amides is 2. The van der Waals surface area contributed by atoms with Gasteiger partial charge in [-0.1, -0.05) is 13.8 Å². The number of aliphatic hydroxyl groups is 3. The molecule has 4 aliphatic carbocycles. The van der Waals surface area contributed by atoms with Crippen molar-refractivity contribution in [3.05, 3.63) is 32.9 Å². The van der Waals surface area contributed by atoms with Crippen LogP contribution in [0.5, 0.6) is 11.5 Å². The third-order valence-electron chi connectivity index (χ3n) is 9.36. The molecule has 10 nitrogen and oxygen atoms in total. The number of aliphatic hydroxyl groups excluding tert-OH is 3. The summed E-state index contributed by atoms with van der Waals surface area (Å²) in [6.45, 7) is 4.64. The van der Waals surface area contributed by atoms with Gasteiger partial charge in [-0.25, -0.2) is 0 Å². The standard InChI is InChI=1S/C30H43IN2O8/c1-30(2)20-6-5-18(21(30)13-20)14-33(26(36)16-39-3)23-11-19(29(38)32-7-8-34)12-24(27(23)37)41-28-22(31)9-17(15-35)10-25(28)40-4/h9-10,12,18,20-21,23-24,27,34-35,37H,5-8,11,13-16H2,1-4H3,(H,32,38). The molecule has 6 unspecified atom stereocenters. The highest BCUT2D eigenvalue weighted by Gasteiger charge is 2.55. The lowest BCUT2D eigenvalue weighted by Crippen LogP contribution is -2.60. The Kier molecular flexibility index (Phi) is 10.6. The summed E-state index contributed by atoms with van der Waals surface area (Å²) >= 11 is 2.08. The minimum atomic E-state index is -1.14. The molecule has 11 heteroatoms. The molecule has 0 aromatic heterocycles. The molecule has 4 aliphatic rings. The lowest BCUT2D eigenvalue weighted by atomic mass is 9.45. The molecule has 228 valence electrons. The maximum Gasteiger partial charge on any atom is 0.248 e. The molecule has 0 saturated heterocycles. The van der Waals surface area contributed by atoms with Crippen LogP contribution in [0.3, 0.4) is 0 Å². The van der Waals surface area contributed by atoms with Crippen LogP contribution >= 0.6 is 22.6 Å². The molecule has 1 aromatic rings. The topological polar surface area (TPSA) is 138 Å². The van der Waals surface area contributed by atoms with Gasteiger partial charge in [0.25, 0.3) is 0 Å². The number of rotatable bonds is 12. The van der Waals surface area contributed by atoms with Gasteiger partial charge in [-0.05, 0) is 88.8 Å². The Morgan fingerprint density at radius 1 is 1.20 bits per heavy atom. The lowest BCUT2D eigenvalue weighted by molar-refractivity contribution is -0.151. The van der Waals surface area contributed by atoms with Crippen LogP contribution in [0.2, 0.25) is 0 Å². The molecule has 2 bridgehead atoms. The molecule has 0 spiro atoms. The Bertz CT molecular complexity index is 1140. The van der Waals surface area contributed by atoms with Gasteiger partial charge in [0.15, 0.2) is 11.5 Å². The second-order valence-corrected chi connectivity index (χ2v) is 13.1. The minimum absolute atomic E-state index is 0.0790. The normalized spacial score (nSPS) is 28.2. The van der Waals surface area contributed by atoms with Crippen molar-refractivity contribution in [1.29, 1.82) is 0 Å². The fourth-order valence-corrected chi connectivity index (χ4v) is 7.75. The van der Waals surface area contributed by atoms with Crippen LogP contribution in [0.15, 0.2) is 23.8 Å². The summed E-state index contributed by atoms with van der Waals surface area (Å²) in [4.78, 5) is 28.4. The molecular formula is C30H43IN2O8. The first-order valence-electron chi connectivity index (χ1n) is 14.3. The van der Waals surface area contributed by atoms with Crippen LogP contribution in [0.4, 0.5) is 0 Å². The Hall–Kier alpha value is -1.93. The van der Waals surface area contributed by atoms with E-state index in [1.807, 2.05) is 0 Å². The monoisotopic (exact) mass is 686 g/mol. The zero-order valence-corrected chi connectivity index (χ0v) is 26.4. The van der Waals surface area contributed by atoms with E-state index in [4.69, 9.17) is 14.2 Å². The van der Waals surface area contributed by atoms with Gasteiger partial charge in [-0.3, -0.25) is 9.59 Å². The summed E-state index contributed by atoms with van der Waals surface area (Å²) in [6, 6.07) is 2.69. The van der Waals surface area contributed by atoms with Gasteiger partial charge in [0.2, 0.25) is 11.8 Å². The van der Waals surface area contributed by atoms with Gasteiger partial charge in [-0.15, -0.1) is 0 Å². The van der Waals surface area contributed by atoms with Crippen LogP contribution in [0, 0.1) is 26.7 Å². The second-order valence-electron chi connectivity index (χ2n) is 12.0. The Balaban J connectivity index is 1.68. The largest absolute Gasteiger partial charge is 0.493 e. The highest BCUT2D eigenvalue weighted by Crippen LogP contribution is 2.61. The number of hydrogen-bond acceptors (Lipinski definition) is 8. The summed E-state index contributed by atoms with van der Waals surface area (Å²) in [5, 5.41) is 33.3. The molecule has 2 amide bonds. The molecule has 41 heavy (non-hydrogen) atoms. The molecule has 4 N–H and O–H groups in total. The number of ether oxygens (including phenoxy) is 3. The predicted molar refractivity (Wildman–Crippen MR) is 160 cm³/mol. The van der Waals surface area contributed by atoms with Gasteiger partial charge in [0.05, 0.1) is 29.9 Å². The molecule has 0 aliphatic heterocycles. The van der Waals surface area contributed by atoms with E-state index in [0.29, 0.717) is 44.6 Å². The zero-order chi connectivity index (χ0) is 29.9.